The van der Waals surface area contributed by atoms with E-state index in [-0.39, 0.29) is 0 Å². The van der Waals surface area contributed by atoms with Gasteiger partial charge in [0, 0.05) is 19.7 Å². The van der Waals surface area contributed by atoms with Crippen LogP contribution in [0.25, 0.3) is 0 Å². The maximum atomic E-state index is 5.68. The predicted molar refractivity (Wildman–Crippen MR) is 59.1 cm³/mol. The molecule has 0 saturated carbocycles. The van der Waals surface area contributed by atoms with E-state index in [0.717, 1.165) is 13.0 Å². The molecule has 1 rings (SSSR count). The highest BCUT2D eigenvalue weighted by molar-refractivity contribution is 4.74. The Labute approximate surface area is 92.3 Å². The van der Waals surface area contributed by atoms with E-state index in [1.165, 1.54) is 6.42 Å². The van der Waals surface area contributed by atoms with Crippen molar-refractivity contribution in [2.45, 2.75) is 31.9 Å². The molecular formula is C11H23NO3. The van der Waals surface area contributed by atoms with Crippen LogP contribution in [0.1, 0.15) is 19.8 Å². The van der Waals surface area contributed by atoms with Crippen LogP contribution in [0.15, 0.2) is 0 Å². The van der Waals surface area contributed by atoms with Gasteiger partial charge in [-0.25, -0.2) is 0 Å². The average Bonchev–Trinajstić information content (AvgIpc) is 2.26. The van der Waals surface area contributed by atoms with Gasteiger partial charge in [-0.1, -0.05) is 0 Å². The number of rotatable bonds is 7. The molecule has 0 aliphatic carbocycles. The number of hydrogen-bond acceptors (Lipinski definition) is 4. The third kappa shape index (κ3) is 6.10. The SMILES string of the molecule is COCCOCCOC1CCC(C)NC1. The van der Waals surface area contributed by atoms with Crippen molar-refractivity contribution in [3.8, 4) is 0 Å². The highest BCUT2D eigenvalue weighted by Gasteiger charge is 2.17. The minimum atomic E-state index is 0.368. The fourth-order valence-corrected chi connectivity index (χ4v) is 1.63. The molecule has 0 aromatic carbocycles. The molecule has 0 aromatic rings. The summed E-state index contributed by atoms with van der Waals surface area (Å²) in [7, 11) is 1.68. The molecule has 1 fully saturated rings. The molecule has 2 atom stereocenters. The summed E-state index contributed by atoms with van der Waals surface area (Å²) in [5.74, 6) is 0. The quantitative estimate of drug-likeness (QED) is 0.641. The van der Waals surface area contributed by atoms with Gasteiger partial charge < -0.3 is 19.5 Å². The number of piperidine rings is 1. The van der Waals surface area contributed by atoms with Gasteiger partial charge >= 0.3 is 0 Å². The minimum absolute atomic E-state index is 0.368. The maximum absolute atomic E-state index is 5.68. The summed E-state index contributed by atoms with van der Waals surface area (Å²) in [5, 5.41) is 3.41. The van der Waals surface area contributed by atoms with E-state index in [2.05, 4.69) is 12.2 Å². The second-order valence-electron chi connectivity index (χ2n) is 3.98. The summed E-state index contributed by atoms with van der Waals surface area (Å²) in [6.07, 6.45) is 2.73. The summed E-state index contributed by atoms with van der Waals surface area (Å²) in [5.41, 5.74) is 0. The molecule has 4 heteroatoms. The molecule has 1 aliphatic rings. The van der Waals surface area contributed by atoms with E-state index < -0.39 is 0 Å². The van der Waals surface area contributed by atoms with E-state index >= 15 is 0 Å². The lowest BCUT2D eigenvalue weighted by Crippen LogP contribution is -2.41. The third-order valence-electron chi connectivity index (χ3n) is 2.63. The lowest BCUT2D eigenvalue weighted by molar-refractivity contribution is -0.0163. The Morgan fingerprint density at radius 3 is 2.60 bits per heavy atom. The van der Waals surface area contributed by atoms with Gasteiger partial charge in [-0.2, -0.15) is 0 Å². The lowest BCUT2D eigenvalue weighted by Gasteiger charge is -2.27. The molecule has 1 saturated heterocycles. The smallest absolute Gasteiger partial charge is 0.0704 e. The Bertz CT molecular complexity index is 147. The van der Waals surface area contributed by atoms with Crippen molar-refractivity contribution in [1.29, 1.82) is 0 Å². The summed E-state index contributed by atoms with van der Waals surface area (Å²) >= 11 is 0. The fraction of sp³-hybridized carbons (Fsp3) is 1.00. The Morgan fingerprint density at radius 1 is 1.13 bits per heavy atom. The topological polar surface area (TPSA) is 39.7 Å². The van der Waals surface area contributed by atoms with Gasteiger partial charge in [-0.15, -0.1) is 0 Å². The number of methoxy groups -OCH3 is 1. The van der Waals surface area contributed by atoms with Gasteiger partial charge in [-0.3, -0.25) is 0 Å². The third-order valence-corrected chi connectivity index (χ3v) is 2.63. The Balaban J connectivity index is 1.87. The molecule has 90 valence electrons. The van der Waals surface area contributed by atoms with Gasteiger partial charge in [0.05, 0.1) is 32.5 Å². The van der Waals surface area contributed by atoms with Crippen LogP contribution >= 0.6 is 0 Å². The van der Waals surface area contributed by atoms with Crippen molar-refractivity contribution < 1.29 is 14.2 Å². The number of hydrogen-bond donors (Lipinski definition) is 1. The second-order valence-corrected chi connectivity index (χ2v) is 3.98. The van der Waals surface area contributed by atoms with Crippen molar-refractivity contribution in [3.63, 3.8) is 0 Å². The first-order valence-electron chi connectivity index (χ1n) is 5.74. The Morgan fingerprint density at radius 2 is 1.93 bits per heavy atom. The second kappa shape index (κ2) is 8.05. The first kappa shape index (κ1) is 12.9. The van der Waals surface area contributed by atoms with Crippen LogP contribution in [-0.4, -0.2) is 52.2 Å². The highest BCUT2D eigenvalue weighted by Crippen LogP contribution is 2.10. The van der Waals surface area contributed by atoms with Gasteiger partial charge in [0.1, 0.15) is 0 Å². The van der Waals surface area contributed by atoms with Gasteiger partial charge in [0.2, 0.25) is 0 Å². The first-order valence-corrected chi connectivity index (χ1v) is 5.74. The van der Waals surface area contributed by atoms with E-state index in [4.69, 9.17) is 14.2 Å². The Hall–Kier alpha value is -0.160. The largest absolute Gasteiger partial charge is 0.382 e. The van der Waals surface area contributed by atoms with Crippen LogP contribution in [0.2, 0.25) is 0 Å². The van der Waals surface area contributed by atoms with Crippen molar-refractivity contribution in [2.24, 2.45) is 0 Å². The maximum Gasteiger partial charge on any atom is 0.0704 e. The normalized spacial score (nSPS) is 26.8. The van der Waals surface area contributed by atoms with E-state index in [1.54, 1.807) is 7.11 Å². The molecular weight excluding hydrogens is 194 g/mol. The minimum Gasteiger partial charge on any atom is -0.382 e. The zero-order valence-corrected chi connectivity index (χ0v) is 9.83. The van der Waals surface area contributed by atoms with Crippen LogP contribution in [0.5, 0.6) is 0 Å². The molecule has 0 bridgehead atoms. The fourth-order valence-electron chi connectivity index (χ4n) is 1.63. The van der Waals surface area contributed by atoms with Crippen molar-refractivity contribution in [1.82, 2.24) is 5.32 Å². The summed E-state index contributed by atoms with van der Waals surface area (Å²) in [6, 6.07) is 0.641. The lowest BCUT2D eigenvalue weighted by atomic mass is 10.0. The van der Waals surface area contributed by atoms with E-state index in [0.29, 0.717) is 38.6 Å². The van der Waals surface area contributed by atoms with Crippen LogP contribution < -0.4 is 5.32 Å². The van der Waals surface area contributed by atoms with Gasteiger partial charge in [0.15, 0.2) is 0 Å². The van der Waals surface area contributed by atoms with Crippen molar-refractivity contribution in [3.05, 3.63) is 0 Å². The Kier molecular flexibility index (Phi) is 6.92. The summed E-state index contributed by atoms with van der Waals surface area (Å²) in [4.78, 5) is 0. The molecule has 1 aliphatic heterocycles. The molecule has 0 radical (unpaired) electrons. The van der Waals surface area contributed by atoms with Gasteiger partial charge in [0.25, 0.3) is 0 Å². The van der Waals surface area contributed by atoms with Crippen LogP contribution in [0.3, 0.4) is 0 Å². The molecule has 2 unspecified atom stereocenters. The zero-order valence-electron chi connectivity index (χ0n) is 9.83. The van der Waals surface area contributed by atoms with Crippen LogP contribution in [0.4, 0.5) is 0 Å². The monoisotopic (exact) mass is 217 g/mol. The number of ether oxygens (including phenoxy) is 3. The molecule has 15 heavy (non-hydrogen) atoms. The van der Waals surface area contributed by atoms with E-state index in [9.17, 15) is 0 Å². The van der Waals surface area contributed by atoms with Crippen molar-refractivity contribution >= 4 is 0 Å². The van der Waals surface area contributed by atoms with Gasteiger partial charge in [-0.05, 0) is 19.8 Å². The average molecular weight is 217 g/mol. The highest BCUT2D eigenvalue weighted by atomic mass is 16.5. The summed E-state index contributed by atoms with van der Waals surface area (Å²) < 4.78 is 15.9. The molecule has 4 nitrogen and oxygen atoms in total. The van der Waals surface area contributed by atoms with Crippen LogP contribution in [0, 0.1) is 0 Å². The first-order chi connectivity index (χ1) is 7.33. The predicted octanol–water partition coefficient (Wildman–Crippen LogP) is 0.806. The molecule has 0 amide bonds. The summed E-state index contributed by atoms with van der Waals surface area (Å²) in [6.45, 7) is 5.84. The molecule has 1 N–H and O–H groups in total. The van der Waals surface area contributed by atoms with Crippen LogP contribution in [-0.2, 0) is 14.2 Å². The number of nitrogens with one attached hydrogen (secondary N) is 1. The molecule has 0 aromatic heterocycles. The molecule has 1 heterocycles. The standard InChI is InChI=1S/C11H23NO3/c1-10-3-4-11(9-12-10)15-8-7-14-6-5-13-2/h10-12H,3-9H2,1-2H3. The molecule has 0 spiro atoms. The van der Waals surface area contributed by atoms with E-state index in [1.807, 2.05) is 0 Å². The van der Waals surface area contributed by atoms with Crippen molar-refractivity contribution in [2.75, 3.05) is 40.1 Å². The zero-order chi connectivity index (χ0) is 10.9.